The zero-order valence-corrected chi connectivity index (χ0v) is 14.3. The zero-order valence-electron chi connectivity index (χ0n) is 14.3. The normalized spacial score (nSPS) is 12.1. The summed E-state index contributed by atoms with van der Waals surface area (Å²) in [7, 11) is 1.19. The van der Waals surface area contributed by atoms with Crippen LogP contribution in [-0.2, 0) is 23.8 Å². The predicted molar refractivity (Wildman–Crippen MR) is 83.3 cm³/mol. The standard InChI is InChI=1S/C15H28O10/c1-23-12(21)2-3-13(22)25-11-15(7-19,8-20)10-24-9-14(4-16,5-17)6-18/h16-20H,2-11H2,1H3. The second-order valence-electron chi connectivity index (χ2n) is 6.02. The van der Waals surface area contributed by atoms with E-state index in [1.165, 1.54) is 7.11 Å². The summed E-state index contributed by atoms with van der Waals surface area (Å²) in [6.07, 6.45) is -0.355. The number of aliphatic hydroxyl groups excluding tert-OH is 5. The molecule has 0 fully saturated rings. The Labute approximate surface area is 145 Å². The van der Waals surface area contributed by atoms with Crippen molar-refractivity contribution in [3.63, 3.8) is 0 Å². The van der Waals surface area contributed by atoms with Gasteiger partial charge in [-0.05, 0) is 0 Å². The molecule has 148 valence electrons. The van der Waals surface area contributed by atoms with E-state index in [-0.39, 0.29) is 32.7 Å². The number of hydrogen-bond acceptors (Lipinski definition) is 10. The molecule has 0 aliphatic carbocycles. The first-order valence-corrected chi connectivity index (χ1v) is 7.71. The summed E-state index contributed by atoms with van der Waals surface area (Å²) in [5.74, 6) is -1.27. The van der Waals surface area contributed by atoms with Crippen LogP contribution in [-0.4, -0.2) is 97.4 Å². The fourth-order valence-electron chi connectivity index (χ4n) is 1.66. The van der Waals surface area contributed by atoms with Crippen LogP contribution < -0.4 is 0 Å². The molecule has 0 saturated carbocycles. The smallest absolute Gasteiger partial charge is 0.306 e. The van der Waals surface area contributed by atoms with E-state index >= 15 is 0 Å². The summed E-state index contributed by atoms with van der Waals surface area (Å²) in [6, 6.07) is 0. The van der Waals surface area contributed by atoms with E-state index in [4.69, 9.17) is 9.47 Å². The summed E-state index contributed by atoms with van der Waals surface area (Å²) >= 11 is 0. The topological polar surface area (TPSA) is 163 Å². The Hall–Kier alpha value is -1.30. The summed E-state index contributed by atoms with van der Waals surface area (Å²) in [4.78, 5) is 22.5. The van der Waals surface area contributed by atoms with Crippen LogP contribution >= 0.6 is 0 Å². The monoisotopic (exact) mass is 368 g/mol. The van der Waals surface area contributed by atoms with E-state index in [9.17, 15) is 35.1 Å². The Morgan fingerprint density at radius 2 is 1.16 bits per heavy atom. The Kier molecular flexibility index (Phi) is 11.5. The molecule has 10 heteroatoms. The molecule has 5 N–H and O–H groups in total. The molecule has 0 atom stereocenters. The van der Waals surface area contributed by atoms with Crippen LogP contribution in [0.1, 0.15) is 12.8 Å². The SMILES string of the molecule is COC(=O)CCC(=O)OCC(CO)(CO)COCC(CO)(CO)CO. The highest BCUT2D eigenvalue weighted by atomic mass is 16.5. The number of aliphatic hydroxyl groups is 5. The third-order valence-corrected chi connectivity index (χ3v) is 3.79. The van der Waals surface area contributed by atoms with E-state index in [0.29, 0.717) is 0 Å². The van der Waals surface area contributed by atoms with Crippen LogP contribution in [0, 0.1) is 10.8 Å². The van der Waals surface area contributed by atoms with E-state index in [1.54, 1.807) is 0 Å². The van der Waals surface area contributed by atoms with E-state index < -0.39 is 55.8 Å². The van der Waals surface area contributed by atoms with Gasteiger partial charge in [0.2, 0.25) is 0 Å². The first kappa shape index (κ1) is 23.7. The van der Waals surface area contributed by atoms with Crippen molar-refractivity contribution < 1.29 is 49.3 Å². The van der Waals surface area contributed by atoms with Crippen molar-refractivity contribution in [2.75, 3.05) is 60.0 Å². The van der Waals surface area contributed by atoms with Crippen LogP contribution in [0.25, 0.3) is 0 Å². The van der Waals surface area contributed by atoms with E-state index in [0.717, 1.165) is 0 Å². The minimum atomic E-state index is -1.30. The molecule has 0 bridgehead atoms. The molecule has 0 aromatic carbocycles. The van der Waals surface area contributed by atoms with E-state index in [1.807, 2.05) is 0 Å². The van der Waals surface area contributed by atoms with Gasteiger partial charge in [-0.15, -0.1) is 0 Å². The number of carbonyl (C=O) groups is 2. The second-order valence-corrected chi connectivity index (χ2v) is 6.02. The Balaban J connectivity index is 4.53. The van der Waals surface area contributed by atoms with Gasteiger partial charge in [-0.2, -0.15) is 0 Å². The minimum absolute atomic E-state index is 0.150. The van der Waals surface area contributed by atoms with Crippen LogP contribution in [0.4, 0.5) is 0 Å². The summed E-state index contributed by atoms with van der Waals surface area (Å²) in [5.41, 5.74) is -2.55. The van der Waals surface area contributed by atoms with Gasteiger partial charge in [-0.1, -0.05) is 0 Å². The molecule has 0 radical (unpaired) electrons. The minimum Gasteiger partial charge on any atom is -0.469 e. The zero-order chi connectivity index (χ0) is 19.3. The van der Waals surface area contributed by atoms with Crippen molar-refractivity contribution in [2.45, 2.75) is 12.8 Å². The molecular weight excluding hydrogens is 340 g/mol. The molecule has 0 rings (SSSR count). The molecule has 0 amide bonds. The Morgan fingerprint density at radius 1 is 0.720 bits per heavy atom. The molecule has 0 saturated heterocycles. The molecule has 0 aliphatic heterocycles. The molecule has 25 heavy (non-hydrogen) atoms. The van der Waals surface area contributed by atoms with Crippen LogP contribution in [0.2, 0.25) is 0 Å². The number of ether oxygens (including phenoxy) is 3. The lowest BCUT2D eigenvalue weighted by Gasteiger charge is -2.32. The number of esters is 2. The molecule has 0 aromatic rings. The van der Waals surface area contributed by atoms with Gasteiger partial charge in [0.05, 0.1) is 77.0 Å². The molecule has 0 aromatic heterocycles. The lowest BCUT2D eigenvalue weighted by molar-refractivity contribution is -0.157. The number of methoxy groups -OCH3 is 1. The van der Waals surface area contributed by atoms with Crippen molar-refractivity contribution in [2.24, 2.45) is 10.8 Å². The Bertz CT molecular complexity index is 382. The van der Waals surface area contributed by atoms with Gasteiger partial charge < -0.3 is 39.7 Å². The van der Waals surface area contributed by atoms with Gasteiger partial charge in [0.25, 0.3) is 0 Å². The third kappa shape index (κ3) is 8.08. The van der Waals surface area contributed by atoms with Gasteiger partial charge in [-0.3, -0.25) is 9.59 Å². The molecule has 0 unspecified atom stereocenters. The average Bonchev–Trinajstić information content (AvgIpc) is 2.66. The summed E-state index contributed by atoms with van der Waals surface area (Å²) < 4.78 is 14.6. The Morgan fingerprint density at radius 3 is 1.60 bits per heavy atom. The van der Waals surface area contributed by atoms with Crippen molar-refractivity contribution >= 4 is 11.9 Å². The number of carbonyl (C=O) groups excluding carboxylic acids is 2. The maximum absolute atomic E-state index is 11.6. The number of hydrogen-bond donors (Lipinski definition) is 5. The second kappa shape index (κ2) is 12.1. The summed E-state index contributed by atoms with van der Waals surface area (Å²) in [5, 5.41) is 46.6. The highest BCUT2D eigenvalue weighted by Crippen LogP contribution is 2.21. The van der Waals surface area contributed by atoms with Crippen molar-refractivity contribution in [1.82, 2.24) is 0 Å². The lowest BCUT2D eigenvalue weighted by Crippen LogP contribution is -2.44. The average molecular weight is 368 g/mol. The maximum Gasteiger partial charge on any atom is 0.306 e. The van der Waals surface area contributed by atoms with E-state index in [2.05, 4.69) is 4.74 Å². The fraction of sp³-hybridized carbons (Fsp3) is 0.867. The lowest BCUT2D eigenvalue weighted by atomic mass is 9.90. The highest BCUT2D eigenvalue weighted by molar-refractivity contribution is 5.77. The van der Waals surface area contributed by atoms with Crippen LogP contribution in [0.15, 0.2) is 0 Å². The fourth-order valence-corrected chi connectivity index (χ4v) is 1.66. The first-order valence-electron chi connectivity index (χ1n) is 7.71. The van der Waals surface area contributed by atoms with Gasteiger partial charge in [0.1, 0.15) is 6.61 Å². The van der Waals surface area contributed by atoms with Gasteiger partial charge in [0.15, 0.2) is 0 Å². The molecule has 0 heterocycles. The highest BCUT2D eigenvalue weighted by Gasteiger charge is 2.34. The van der Waals surface area contributed by atoms with Gasteiger partial charge >= 0.3 is 11.9 Å². The number of rotatable bonds is 14. The van der Waals surface area contributed by atoms with Gasteiger partial charge in [-0.25, -0.2) is 0 Å². The molecule has 0 aliphatic rings. The van der Waals surface area contributed by atoms with Crippen molar-refractivity contribution in [3.05, 3.63) is 0 Å². The van der Waals surface area contributed by atoms with Crippen molar-refractivity contribution in [3.8, 4) is 0 Å². The maximum atomic E-state index is 11.6. The molecule has 10 nitrogen and oxygen atoms in total. The predicted octanol–water partition coefficient (Wildman–Crippen LogP) is -2.57. The van der Waals surface area contributed by atoms with Crippen LogP contribution in [0.5, 0.6) is 0 Å². The van der Waals surface area contributed by atoms with Crippen LogP contribution in [0.3, 0.4) is 0 Å². The van der Waals surface area contributed by atoms with Gasteiger partial charge in [0, 0.05) is 0 Å². The molecule has 0 spiro atoms. The third-order valence-electron chi connectivity index (χ3n) is 3.79. The van der Waals surface area contributed by atoms with Crippen molar-refractivity contribution in [1.29, 1.82) is 0 Å². The largest absolute Gasteiger partial charge is 0.469 e. The quantitative estimate of drug-likeness (QED) is 0.206. The first-order chi connectivity index (χ1) is 11.9. The summed E-state index contributed by atoms with van der Waals surface area (Å²) in [6.45, 7) is -3.50. The molecular formula is C15H28O10.